The van der Waals surface area contributed by atoms with Crippen LogP contribution in [-0.4, -0.2) is 37.5 Å². The molecule has 0 spiro atoms. The van der Waals surface area contributed by atoms with Crippen molar-refractivity contribution in [3.8, 4) is 5.75 Å². The molecule has 0 aliphatic rings. The summed E-state index contributed by atoms with van der Waals surface area (Å²) in [5, 5.41) is 3.05. The van der Waals surface area contributed by atoms with Gasteiger partial charge in [0, 0.05) is 10.9 Å². The Morgan fingerprint density at radius 2 is 1.93 bits per heavy atom. The molecule has 3 N–H and O–H groups in total. The first-order chi connectivity index (χ1) is 14.3. The number of rotatable bonds is 10. The molecule has 1 heterocycles. The van der Waals surface area contributed by atoms with E-state index in [-0.39, 0.29) is 31.4 Å². The number of carbonyl (C=O) groups is 3. The number of ether oxygens (including phenoxy) is 2. The lowest BCUT2D eigenvalue weighted by molar-refractivity contribution is -0.124. The van der Waals surface area contributed by atoms with E-state index in [0.717, 1.165) is 10.9 Å². The molecule has 2 amide bonds. The molecule has 1 aromatic heterocycles. The van der Waals surface area contributed by atoms with E-state index in [1.54, 1.807) is 13.0 Å². The minimum Gasteiger partial charge on any atom is -0.484 e. The molecule has 0 saturated carbocycles. The van der Waals surface area contributed by atoms with Crippen molar-refractivity contribution < 1.29 is 28.2 Å². The van der Waals surface area contributed by atoms with E-state index in [1.165, 1.54) is 29.5 Å². The summed E-state index contributed by atoms with van der Waals surface area (Å²) in [5.74, 6) is -1.58. The number of esters is 1. The van der Waals surface area contributed by atoms with E-state index in [2.05, 4.69) is 16.2 Å². The monoisotopic (exact) mass is 437 g/mol. The van der Waals surface area contributed by atoms with Gasteiger partial charge in [0.25, 0.3) is 5.91 Å². The molecule has 0 aliphatic heterocycles. The van der Waals surface area contributed by atoms with Crippen LogP contribution in [0.3, 0.4) is 0 Å². The number of amides is 2. The molecule has 1 aromatic carbocycles. The molecule has 0 radical (unpaired) electrons. The Balaban J connectivity index is 1.82. The predicted molar refractivity (Wildman–Crippen MR) is 111 cm³/mol. The summed E-state index contributed by atoms with van der Waals surface area (Å²) in [6, 6.07) is 7.11. The van der Waals surface area contributed by atoms with Gasteiger partial charge in [0.1, 0.15) is 16.6 Å². The maximum Gasteiger partial charge on any atom is 0.341 e. The average Bonchev–Trinajstić information content (AvgIpc) is 3.11. The first-order valence-electron chi connectivity index (χ1n) is 9.31. The lowest BCUT2D eigenvalue weighted by atomic mass is 10.1. The lowest BCUT2D eigenvalue weighted by Crippen LogP contribution is -2.44. The second-order valence-electron chi connectivity index (χ2n) is 6.46. The zero-order valence-corrected chi connectivity index (χ0v) is 17.7. The summed E-state index contributed by atoms with van der Waals surface area (Å²) < 4.78 is 23.2. The van der Waals surface area contributed by atoms with Crippen LogP contribution < -0.4 is 20.9 Å². The molecular weight excluding hydrogens is 413 g/mol. The largest absolute Gasteiger partial charge is 0.484 e. The quantitative estimate of drug-likeness (QED) is 0.390. The summed E-state index contributed by atoms with van der Waals surface area (Å²) in [5.41, 5.74) is 5.09. The van der Waals surface area contributed by atoms with Gasteiger partial charge in [0.15, 0.2) is 6.61 Å². The van der Waals surface area contributed by atoms with Gasteiger partial charge in [0.2, 0.25) is 5.91 Å². The Kier molecular flexibility index (Phi) is 8.75. The zero-order chi connectivity index (χ0) is 22.1. The SMILES string of the molecule is CCOC(=O)c1cc(C(C)C)sc1NC(=O)CNNC(=O)COc1cccc(F)c1. The van der Waals surface area contributed by atoms with Crippen LogP contribution in [0, 0.1) is 5.82 Å². The van der Waals surface area contributed by atoms with Crippen LogP contribution in [-0.2, 0) is 14.3 Å². The number of thiophene rings is 1. The van der Waals surface area contributed by atoms with Crippen LogP contribution in [0.15, 0.2) is 30.3 Å². The van der Waals surface area contributed by atoms with Crippen molar-refractivity contribution in [2.24, 2.45) is 0 Å². The van der Waals surface area contributed by atoms with Crippen molar-refractivity contribution in [2.45, 2.75) is 26.7 Å². The summed E-state index contributed by atoms with van der Waals surface area (Å²) in [6.45, 7) is 5.31. The molecule has 162 valence electrons. The van der Waals surface area contributed by atoms with Crippen LogP contribution >= 0.6 is 11.3 Å². The molecule has 10 heteroatoms. The number of nitrogens with one attached hydrogen (secondary N) is 3. The van der Waals surface area contributed by atoms with Crippen LogP contribution in [0.4, 0.5) is 9.39 Å². The molecule has 30 heavy (non-hydrogen) atoms. The fourth-order valence-electron chi connectivity index (χ4n) is 2.28. The van der Waals surface area contributed by atoms with Crippen LogP contribution in [0.1, 0.15) is 41.9 Å². The smallest absolute Gasteiger partial charge is 0.341 e. The van der Waals surface area contributed by atoms with Gasteiger partial charge in [-0.1, -0.05) is 19.9 Å². The van der Waals surface area contributed by atoms with Crippen LogP contribution in [0.5, 0.6) is 5.75 Å². The van der Waals surface area contributed by atoms with E-state index >= 15 is 0 Å². The second kappa shape index (κ2) is 11.3. The summed E-state index contributed by atoms with van der Waals surface area (Å²) >= 11 is 1.30. The van der Waals surface area contributed by atoms with E-state index in [9.17, 15) is 18.8 Å². The standard InChI is InChI=1S/C20H24FN3O5S/c1-4-28-20(27)15-9-16(12(2)3)30-19(15)23-17(25)10-22-24-18(26)11-29-14-7-5-6-13(21)8-14/h5-9,12,22H,4,10-11H2,1-3H3,(H,23,25)(H,24,26). The molecule has 0 saturated heterocycles. The van der Waals surface area contributed by atoms with Gasteiger partial charge < -0.3 is 14.8 Å². The first-order valence-corrected chi connectivity index (χ1v) is 10.1. The molecule has 0 atom stereocenters. The van der Waals surface area contributed by atoms with Gasteiger partial charge >= 0.3 is 5.97 Å². The molecule has 0 aliphatic carbocycles. The number of benzene rings is 1. The van der Waals surface area contributed by atoms with Crippen molar-refractivity contribution >= 4 is 34.1 Å². The van der Waals surface area contributed by atoms with Gasteiger partial charge in [-0.2, -0.15) is 0 Å². The summed E-state index contributed by atoms with van der Waals surface area (Å²) in [4.78, 5) is 37.0. The molecule has 2 aromatic rings. The van der Waals surface area contributed by atoms with Crippen molar-refractivity contribution in [3.63, 3.8) is 0 Å². The van der Waals surface area contributed by atoms with Crippen molar-refractivity contribution in [2.75, 3.05) is 25.1 Å². The highest BCUT2D eigenvalue weighted by molar-refractivity contribution is 7.16. The molecule has 0 unspecified atom stereocenters. The fourth-order valence-corrected chi connectivity index (χ4v) is 3.35. The molecular formula is C20H24FN3O5S. The number of carbonyl (C=O) groups excluding carboxylic acids is 3. The van der Waals surface area contributed by atoms with E-state index in [4.69, 9.17) is 9.47 Å². The van der Waals surface area contributed by atoms with Gasteiger partial charge in [0.05, 0.1) is 18.7 Å². The first kappa shape index (κ1) is 23.3. The van der Waals surface area contributed by atoms with E-state index < -0.39 is 23.6 Å². The van der Waals surface area contributed by atoms with Crippen LogP contribution in [0.25, 0.3) is 0 Å². The maximum atomic E-state index is 13.1. The van der Waals surface area contributed by atoms with Gasteiger partial charge in [-0.25, -0.2) is 14.6 Å². The number of anilines is 1. The van der Waals surface area contributed by atoms with Crippen molar-refractivity contribution in [1.82, 2.24) is 10.9 Å². The topological polar surface area (TPSA) is 106 Å². The van der Waals surface area contributed by atoms with Crippen molar-refractivity contribution in [3.05, 3.63) is 46.6 Å². The average molecular weight is 437 g/mol. The Hall–Kier alpha value is -2.98. The minimum absolute atomic E-state index is 0.185. The van der Waals surface area contributed by atoms with Gasteiger partial charge in [-0.15, -0.1) is 11.3 Å². The maximum absolute atomic E-state index is 13.1. The molecule has 0 fully saturated rings. The Morgan fingerprint density at radius 3 is 2.60 bits per heavy atom. The minimum atomic E-state index is -0.544. The molecule has 8 nitrogen and oxygen atoms in total. The van der Waals surface area contributed by atoms with Gasteiger partial charge in [-0.05, 0) is 31.0 Å². The van der Waals surface area contributed by atoms with Gasteiger partial charge in [-0.3, -0.25) is 15.0 Å². The number of halogens is 1. The molecule has 2 rings (SSSR count). The Morgan fingerprint density at radius 1 is 1.17 bits per heavy atom. The van der Waals surface area contributed by atoms with Crippen LogP contribution in [0.2, 0.25) is 0 Å². The Bertz CT molecular complexity index is 900. The Labute approximate surface area is 177 Å². The highest BCUT2D eigenvalue weighted by Gasteiger charge is 2.20. The van der Waals surface area contributed by atoms with E-state index in [1.807, 2.05) is 13.8 Å². The van der Waals surface area contributed by atoms with E-state index in [0.29, 0.717) is 10.6 Å². The third-order valence-corrected chi connectivity index (χ3v) is 5.06. The highest BCUT2D eigenvalue weighted by Crippen LogP contribution is 2.33. The summed E-state index contributed by atoms with van der Waals surface area (Å²) in [7, 11) is 0. The predicted octanol–water partition coefficient (Wildman–Crippen LogP) is 2.83. The number of hydrogen-bond donors (Lipinski definition) is 3. The molecule has 0 bridgehead atoms. The zero-order valence-electron chi connectivity index (χ0n) is 16.9. The fraction of sp³-hybridized carbons (Fsp3) is 0.350. The lowest BCUT2D eigenvalue weighted by Gasteiger charge is -2.09. The third-order valence-electron chi connectivity index (χ3n) is 3.71. The highest BCUT2D eigenvalue weighted by atomic mass is 32.1. The third kappa shape index (κ3) is 7.12. The number of hydrogen-bond acceptors (Lipinski definition) is 7. The number of hydrazine groups is 1. The summed E-state index contributed by atoms with van der Waals surface area (Å²) in [6.07, 6.45) is 0. The van der Waals surface area contributed by atoms with Crippen molar-refractivity contribution in [1.29, 1.82) is 0 Å². The normalized spacial score (nSPS) is 10.6. The second-order valence-corrected chi connectivity index (χ2v) is 7.55.